The second-order valence-electron chi connectivity index (χ2n) is 12.8. The maximum absolute atomic E-state index is 12.5. The Labute approximate surface area is 263 Å². The van der Waals surface area contributed by atoms with Crippen LogP contribution in [0.25, 0.3) is 0 Å². The number of carbonyl (C=O) groups is 3. The highest BCUT2D eigenvalue weighted by Gasteiger charge is 2.31. The van der Waals surface area contributed by atoms with Gasteiger partial charge in [0.25, 0.3) is 0 Å². The summed E-state index contributed by atoms with van der Waals surface area (Å²) in [5, 5.41) is 9.53. The second kappa shape index (κ2) is 27.6. The monoisotopic (exact) mass is 612 g/mol. The number of unbranched alkanes of at least 4 members (excludes halogenated alkanes) is 14. The first-order valence-corrected chi connectivity index (χ1v) is 17.2. The van der Waals surface area contributed by atoms with Gasteiger partial charge in [0.15, 0.2) is 12.1 Å². The molecule has 1 N–H and O–H groups in total. The molecule has 2 unspecified atom stereocenters. The number of hydrogen-bond acceptors (Lipinski definition) is 6. The molecule has 0 rings (SSSR count). The topological polar surface area (TPSA) is 99.1 Å². The Kier molecular flexibility index (Phi) is 26.4. The summed E-state index contributed by atoms with van der Waals surface area (Å²) in [5.41, 5.74) is 0. The van der Waals surface area contributed by atoms with E-state index in [1.165, 1.54) is 70.6 Å². The quantitative estimate of drug-likeness (QED) is 0.0380. The summed E-state index contributed by atoms with van der Waals surface area (Å²) >= 11 is 0. The van der Waals surface area contributed by atoms with Gasteiger partial charge in [0, 0.05) is 19.3 Å². The van der Waals surface area contributed by atoms with Gasteiger partial charge in [-0.25, -0.2) is 4.79 Å². The van der Waals surface area contributed by atoms with E-state index in [-0.39, 0.29) is 42.7 Å². The van der Waals surface area contributed by atoms with Crippen molar-refractivity contribution in [3.8, 4) is 0 Å². The van der Waals surface area contributed by atoms with Crippen molar-refractivity contribution in [2.75, 3.05) is 41.0 Å². The summed E-state index contributed by atoms with van der Waals surface area (Å²) in [5.74, 6) is -1.53. The van der Waals surface area contributed by atoms with E-state index >= 15 is 0 Å². The fraction of sp³-hybridized carbons (Fsp3) is 0.857. The fourth-order valence-corrected chi connectivity index (χ4v) is 4.93. The number of hydrogen-bond donors (Lipinski definition) is 1. The van der Waals surface area contributed by atoms with Gasteiger partial charge in [0.05, 0.1) is 34.4 Å². The van der Waals surface area contributed by atoms with Gasteiger partial charge >= 0.3 is 17.9 Å². The molecule has 0 spiro atoms. The largest absolute Gasteiger partial charge is 0.477 e. The molecular formula is C35H66NO7+. The number of likely N-dealkylation sites (N-methyl/N-ethyl adjacent to an activating group) is 1. The van der Waals surface area contributed by atoms with E-state index in [0.29, 0.717) is 19.3 Å². The van der Waals surface area contributed by atoms with Crippen LogP contribution < -0.4 is 0 Å². The third-order valence-electron chi connectivity index (χ3n) is 7.68. The molecule has 0 aliphatic carbocycles. The van der Waals surface area contributed by atoms with Crippen LogP contribution in [-0.2, 0) is 28.6 Å². The van der Waals surface area contributed by atoms with Crippen molar-refractivity contribution in [2.24, 2.45) is 0 Å². The maximum Gasteiger partial charge on any atom is 0.362 e. The maximum atomic E-state index is 12.5. The number of rotatable bonds is 30. The van der Waals surface area contributed by atoms with Crippen molar-refractivity contribution in [3.05, 3.63) is 12.2 Å². The molecule has 0 aromatic heterocycles. The molecule has 8 nitrogen and oxygen atoms in total. The number of carbonyl (C=O) groups excluding carboxylic acids is 2. The average Bonchev–Trinajstić information content (AvgIpc) is 2.94. The lowest BCUT2D eigenvalue weighted by molar-refractivity contribution is -0.887. The average molecular weight is 613 g/mol. The van der Waals surface area contributed by atoms with Gasteiger partial charge < -0.3 is 23.8 Å². The fourth-order valence-electron chi connectivity index (χ4n) is 4.93. The van der Waals surface area contributed by atoms with E-state index in [1.54, 1.807) is 0 Å². The van der Waals surface area contributed by atoms with Gasteiger partial charge in [-0.2, -0.15) is 0 Å². The van der Waals surface area contributed by atoms with Crippen molar-refractivity contribution in [1.82, 2.24) is 0 Å². The van der Waals surface area contributed by atoms with Crippen LogP contribution in [0.1, 0.15) is 142 Å². The first kappa shape index (κ1) is 41.1. The molecule has 0 aromatic rings. The summed E-state index contributed by atoms with van der Waals surface area (Å²) in [6.45, 7) is 4.62. The first-order valence-electron chi connectivity index (χ1n) is 17.2. The molecule has 0 aromatic carbocycles. The molecule has 2 atom stereocenters. The number of allylic oxidation sites excluding steroid dienone is 2. The van der Waals surface area contributed by atoms with Gasteiger partial charge in [0.2, 0.25) is 0 Å². The molecule has 0 saturated heterocycles. The smallest absolute Gasteiger partial charge is 0.362 e. The minimum Gasteiger partial charge on any atom is -0.477 e. The molecule has 0 radical (unpaired) electrons. The Bertz CT molecular complexity index is 732. The van der Waals surface area contributed by atoms with E-state index in [2.05, 4.69) is 19.9 Å². The Morgan fingerprint density at radius 3 is 1.77 bits per heavy atom. The molecule has 0 heterocycles. The highest BCUT2D eigenvalue weighted by Crippen LogP contribution is 2.13. The lowest BCUT2D eigenvalue weighted by atomic mass is 10.1. The zero-order chi connectivity index (χ0) is 32.2. The molecule has 8 heteroatoms. The predicted octanol–water partition coefficient (Wildman–Crippen LogP) is 8.02. The number of ether oxygens (including phenoxy) is 3. The highest BCUT2D eigenvalue weighted by atomic mass is 16.6. The molecule has 0 fully saturated rings. The van der Waals surface area contributed by atoms with Gasteiger partial charge in [-0.15, -0.1) is 0 Å². The Balaban J connectivity index is 4.49. The van der Waals surface area contributed by atoms with Crippen LogP contribution in [0, 0.1) is 0 Å². The molecule has 0 saturated carbocycles. The minimum absolute atomic E-state index is 0.0498. The first-order chi connectivity index (χ1) is 20.6. The molecular weight excluding hydrogens is 546 g/mol. The lowest BCUT2D eigenvalue weighted by Gasteiger charge is -2.31. The van der Waals surface area contributed by atoms with Gasteiger partial charge in [-0.05, 0) is 25.7 Å². The van der Waals surface area contributed by atoms with Crippen molar-refractivity contribution in [3.63, 3.8) is 0 Å². The number of carboxylic acids is 1. The molecule has 0 amide bonds. The van der Waals surface area contributed by atoms with E-state index in [1.807, 2.05) is 27.2 Å². The standard InChI is InChI=1S/C35H65NO7/c1-6-8-10-12-14-16-17-18-20-21-23-25-33(37)42-30-31(29-41-28-27-32(35(39)40)36(3,4)5)43-34(38)26-24-22-19-15-13-11-9-7-2/h19,22,31-32H,6-18,20-21,23-30H2,1-5H3/p+1/b22-19+. The third kappa shape index (κ3) is 26.2. The Morgan fingerprint density at radius 1 is 0.674 bits per heavy atom. The number of esters is 2. The van der Waals surface area contributed by atoms with E-state index < -0.39 is 18.1 Å². The van der Waals surface area contributed by atoms with Crippen LogP contribution in [0.3, 0.4) is 0 Å². The predicted molar refractivity (Wildman–Crippen MR) is 174 cm³/mol. The van der Waals surface area contributed by atoms with Crippen molar-refractivity contribution >= 4 is 17.9 Å². The van der Waals surface area contributed by atoms with Crippen molar-refractivity contribution in [2.45, 2.75) is 154 Å². The zero-order valence-corrected chi connectivity index (χ0v) is 28.4. The Morgan fingerprint density at radius 2 is 1.21 bits per heavy atom. The highest BCUT2D eigenvalue weighted by molar-refractivity contribution is 5.72. The molecule has 252 valence electrons. The normalized spacial score (nSPS) is 13.2. The summed E-state index contributed by atoms with van der Waals surface area (Å²) in [6.07, 6.45) is 24.2. The third-order valence-corrected chi connectivity index (χ3v) is 7.68. The van der Waals surface area contributed by atoms with Crippen LogP contribution in [0.2, 0.25) is 0 Å². The molecule has 0 aliphatic rings. The van der Waals surface area contributed by atoms with E-state index in [4.69, 9.17) is 14.2 Å². The van der Waals surface area contributed by atoms with Crippen molar-refractivity contribution < 1.29 is 38.2 Å². The van der Waals surface area contributed by atoms with Gasteiger partial charge in [-0.1, -0.05) is 109 Å². The van der Waals surface area contributed by atoms with Crippen LogP contribution in [0.4, 0.5) is 0 Å². The second-order valence-corrected chi connectivity index (χ2v) is 12.8. The van der Waals surface area contributed by atoms with Gasteiger partial charge in [0.1, 0.15) is 6.61 Å². The SMILES string of the molecule is CCCCCC/C=C/CCC(=O)OC(COCCC(C(=O)O)[N+](C)(C)C)COC(=O)CCCCCCCCCCCCC. The van der Waals surface area contributed by atoms with Gasteiger partial charge in [-0.3, -0.25) is 9.59 Å². The summed E-state index contributed by atoms with van der Waals surface area (Å²) in [4.78, 5) is 36.5. The van der Waals surface area contributed by atoms with Crippen molar-refractivity contribution in [1.29, 1.82) is 0 Å². The number of carboxylic acid groups (broad SMARTS) is 1. The van der Waals surface area contributed by atoms with Crippen LogP contribution >= 0.6 is 0 Å². The molecule has 0 bridgehead atoms. The summed E-state index contributed by atoms with van der Waals surface area (Å²) < 4.78 is 17.0. The number of quaternary nitrogens is 1. The molecule has 0 aliphatic heterocycles. The Hall–Kier alpha value is -1.93. The van der Waals surface area contributed by atoms with E-state index in [9.17, 15) is 19.5 Å². The van der Waals surface area contributed by atoms with E-state index in [0.717, 1.165) is 32.1 Å². The van der Waals surface area contributed by atoms with Crippen LogP contribution in [0.15, 0.2) is 12.2 Å². The lowest BCUT2D eigenvalue weighted by Crippen LogP contribution is -2.50. The molecule has 43 heavy (non-hydrogen) atoms. The minimum atomic E-state index is -0.881. The summed E-state index contributed by atoms with van der Waals surface area (Å²) in [6, 6.07) is -0.613. The van der Waals surface area contributed by atoms with Crippen LogP contribution in [0.5, 0.6) is 0 Å². The van der Waals surface area contributed by atoms with Crippen LogP contribution in [-0.4, -0.2) is 80.6 Å². The number of nitrogens with zero attached hydrogens (tertiary/aromatic N) is 1. The summed E-state index contributed by atoms with van der Waals surface area (Å²) in [7, 11) is 5.49. The number of aliphatic carboxylic acids is 1. The zero-order valence-electron chi connectivity index (χ0n) is 28.4.